The van der Waals surface area contributed by atoms with Gasteiger partial charge in [0, 0.05) is 34.4 Å². The second-order valence-corrected chi connectivity index (χ2v) is 11.6. The van der Waals surface area contributed by atoms with Crippen molar-refractivity contribution in [1.29, 1.82) is 0 Å². The van der Waals surface area contributed by atoms with E-state index in [1.165, 1.54) is 7.11 Å². The highest BCUT2D eigenvalue weighted by molar-refractivity contribution is 6.42. The second kappa shape index (κ2) is 14.8. The van der Waals surface area contributed by atoms with E-state index in [-0.39, 0.29) is 12.2 Å². The number of aliphatic hydroxyl groups excluding tert-OH is 1. The number of hydrogen-bond donors (Lipinski definition) is 4. The maximum absolute atomic E-state index is 12.5. The number of esters is 1. The molecule has 1 aromatic heterocycles. The number of hydrazone groups is 1. The summed E-state index contributed by atoms with van der Waals surface area (Å²) in [7, 11) is 1.28. The van der Waals surface area contributed by atoms with Crippen LogP contribution in [0, 0.1) is 6.92 Å². The summed E-state index contributed by atoms with van der Waals surface area (Å²) in [6.45, 7) is 6.24. The number of carbonyl (C=O) groups excluding carboxylic acids is 2. The lowest BCUT2D eigenvalue weighted by Gasteiger charge is -2.28. The average Bonchev–Trinajstić information content (AvgIpc) is 3.31. The molecule has 4 N–H and O–H groups in total. The third-order valence-corrected chi connectivity index (χ3v) is 8.43. The highest BCUT2D eigenvalue weighted by atomic mass is 35.5. The highest BCUT2D eigenvalue weighted by Gasteiger charge is 2.32. The summed E-state index contributed by atoms with van der Waals surface area (Å²) in [6, 6.07) is 17.4. The first-order chi connectivity index (χ1) is 22.6. The Morgan fingerprint density at radius 3 is 2.62 bits per heavy atom. The van der Waals surface area contributed by atoms with Gasteiger partial charge in [-0.25, -0.2) is 9.59 Å². The molecule has 0 spiro atoms. The first kappa shape index (κ1) is 33.6. The van der Waals surface area contributed by atoms with Gasteiger partial charge in [-0.2, -0.15) is 5.10 Å². The van der Waals surface area contributed by atoms with Crippen molar-refractivity contribution in [1.82, 2.24) is 20.6 Å². The molecular weight excluding hydrogens is 645 g/mol. The van der Waals surface area contributed by atoms with Crippen LogP contribution in [0.5, 0.6) is 11.5 Å². The molecule has 47 heavy (non-hydrogen) atoms. The van der Waals surface area contributed by atoms with Crippen LogP contribution in [0.15, 0.2) is 77.0 Å². The van der Waals surface area contributed by atoms with Crippen molar-refractivity contribution in [3.63, 3.8) is 0 Å². The number of aliphatic hydroxyl groups is 1. The minimum atomic E-state index is -1.15. The van der Waals surface area contributed by atoms with Crippen LogP contribution in [0.4, 0.5) is 4.79 Å². The molecule has 4 aromatic rings. The molecule has 0 saturated heterocycles. The number of benzene rings is 3. The van der Waals surface area contributed by atoms with E-state index >= 15 is 0 Å². The molecule has 1 aliphatic rings. The predicted octanol–water partition coefficient (Wildman–Crippen LogP) is 5.83. The van der Waals surface area contributed by atoms with Crippen LogP contribution < -0.4 is 25.5 Å². The van der Waals surface area contributed by atoms with E-state index in [2.05, 4.69) is 25.7 Å². The average molecular weight is 681 g/mol. The van der Waals surface area contributed by atoms with E-state index in [0.717, 1.165) is 27.7 Å². The van der Waals surface area contributed by atoms with Crippen molar-refractivity contribution in [2.45, 2.75) is 39.6 Å². The maximum atomic E-state index is 12.5. The van der Waals surface area contributed by atoms with Crippen molar-refractivity contribution in [2.24, 2.45) is 5.10 Å². The summed E-state index contributed by atoms with van der Waals surface area (Å²) in [5.41, 5.74) is 7.90. The third-order valence-electron chi connectivity index (χ3n) is 7.69. The molecular formula is C34H35Cl2N5O6. The minimum absolute atomic E-state index is 0.147. The number of halogens is 2. The van der Waals surface area contributed by atoms with E-state index < -0.39 is 24.3 Å². The summed E-state index contributed by atoms with van der Waals surface area (Å²) >= 11 is 12.4. The Morgan fingerprint density at radius 1 is 1.09 bits per heavy atom. The Bertz CT molecular complexity index is 1870. The summed E-state index contributed by atoms with van der Waals surface area (Å²) in [5, 5.41) is 22.3. The number of amides is 2. The molecule has 1 aliphatic heterocycles. The van der Waals surface area contributed by atoms with E-state index in [4.69, 9.17) is 37.4 Å². The van der Waals surface area contributed by atoms with Crippen molar-refractivity contribution in [3.8, 4) is 11.5 Å². The number of urea groups is 1. The van der Waals surface area contributed by atoms with Gasteiger partial charge in [0.2, 0.25) is 0 Å². The van der Waals surface area contributed by atoms with Crippen molar-refractivity contribution < 1.29 is 28.9 Å². The number of carbonyl (C=O) groups is 2. The molecule has 11 nitrogen and oxygen atoms in total. The van der Waals surface area contributed by atoms with Crippen LogP contribution in [-0.2, 0) is 16.1 Å². The lowest BCUT2D eigenvalue weighted by Crippen LogP contribution is -2.45. The molecule has 0 unspecified atom stereocenters. The van der Waals surface area contributed by atoms with Crippen LogP contribution in [0.2, 0.25) is 10.0 Å². The molecule has 2 heterocycles. The molecule has 0 aliphatic carbocycles. The van der Waals surface area contributed by atoms with E-state index in [1.54, 1.807) is 37.4 Å². The van der Waals surface area contributed by atoms with Gasteiger partial charge in [-0.15, -0.1) is 0 Å². The van der Waals surface area contributed by atoms with Crippen molar-refractivity contribution >= 4 is 52.3 Å². The molecule has 0 bridgehead atoms. The van der Waals surface area contributed by atoms with Gasteiger partial charge in [0.25, 0.3) is 0 Å². The van der Waals surface area contributed by atoms with Crippen LogP contribution in [0.3, 0.4) is 0 Å². The van der Waals surface area contributed by atoms with Gasteiger partial charge in [0.15, 0.2) is 17.7 Å². The number of nitrogens with zero attached hydrogens (tertiary/aromatic N) is 2. The largest absolute Gasteiger partial charge is 0.490 e. The lowest BCUT2D eigenvalue weighted by molar-refractivity contribution is -0.136. The molecule has 0 fully saturated rings. The Kier molecular flexibility index (Phi) is 10.6. The van der Waals surface area contributed by atoms with Crippen LogP contribution in [0.25, 0.3) is 10.9 Å². The quantitative estimate of drug-likeness (QED) is 0.0641. The van der Waals surface area contributed by atoms with E-state index in [1.807, 2.05) is 50.2 Å². The van der Waals surface area contributed by atoms with Gasteiger partial charge >= 0.3 is 12.0 Å². The molecule has 0 radical (unpaired) electrons. The minimum Gasteiger partial charge on any atom is -0.490 e. The summed E-state index contributed by atoms with van der Waals surface area (Å²) in [5.74, 6) is 0.169. The van der Waals surface area contributed by atoms with Crippen LogP contribution in [-0.4, -0.2) is 54.4 Å². The van der Waals surface area contributed by atoms with Gasteiger partial charge in [0.1, 0.15) is 6.61 Å². The second-order valence-electron chi connectivity index (χ2n) is 10.8. The summed E-state index contributed by atoms with van der Waals surface area (Å²) < 4.78 is 18.8. The molecule has 3 aromatic carbocycles. The Labute approximate surface area is 282 Å². The zero-order valence-electron chi connectivity index (χ0n) is 26.3. The number of methoxy groups -OCH3 is 1. The normalized spacial score (nSPS) is 15.4. The van der Waals surface area contributed by atoms with Gasteiger partial charge in [-0.1, -0.05) is 53.5 Å². The smallest absolute Gasteiger partial charge is 0.337 e. The number of rotatable bonds is 12. The fourth-order valence-corrected chi connectivity index (χ4v) is 5.78. The molecule has 2 atom stereocenters. The number of para-hydroxylation sites is 1. The van der Waals surface area contributed by atoms with E-state index in [9.17, 15) is 14.7 Å². The van der Waals surface area contributed by atoms with Crippen LogP contribution >= 0.6 is 23.2 Å². The molecule has 0 saturated carbocycles. The zero-order valence-corrected chi connectivity index (χ0v) is 27.8. The first-order valence-corrected chi connectivity index (χ1v) is 15.6. The monoisotopic (exact) mass is 679 g/mol. The van der Waals surface area contributed by atoms with Crippen molar-refractivity contribution in [2.75, 3.05) is 20.3 Å². The fourth-order valence-electron chi connectivity index (χ4n) is 5.45. The number of fused-ring (bicyclic) bond motifs is 1. The standard InChI is InChI=1S/C34H35Cl2N5O6/c1-5-46-29-15-22(32-31(33(43)45-4)19(2)38-34(44)39-32)11-13-28(29)47-18-30(42)40-37-16-24-20(3)41(27-9-7-6-8-23(24)27)17-21-10-12-25(35)26(36)14-21/h6-16,30,32,40,42H,5,17-18H2,1-4H3,(H2,38,39,44)/b37-16+/t30-,32-/m0/s1. The number of ether oxygens (including phenoxy) is 3. The highest BCUT2D eigenvalue weighted by Crippen LogP contribution is 2.35. The first-order valence-electron chi connectivity index (χ1n) is 14.9. The van der Waals surface area contributed by atoms with Gasteiger partial charge < -0.3 is 34.5 Å². The van der Waals surface area contributed by atoms with E-state index in [0.29, 0.717) is 46.0 Å². The van der Waals surface area contributed by atoms with Crippen molar-refractivity contribution in [3.05, 3.63) is 104 Å². The zero-order chi connectivity index (χ0) is 33.7. The molecule has 2 amide bonds. The topological polar surface area (TPSA) is 135 Å². The number of allylic oxidation sites excluding steroid dienone is 1. The summed E-state index contributed by atoms with van der Waals surface area (Å²) in [6.07, 6.45) is 0.527. The third kappa shape index (κ3) is 7.48. The fraction of sp³-hybridized carbons (Fsp3) is 0.265. The summed E-state index contributed by atoms with van der Waals surface area (Å²) in [4.78, 5) is 24.7. The lowest BCUT2D eigenvalue weighted by atomic mass is 9.95. The maximum Gasteiger partial charge on any atom is 0.337 e. The van der Waals surface area contributed by atoms with Gasteiger partial charge in [-0.3, -0.25) is 5.43 Å². The van der Waals surface area contributed by atoms with Gasteiger partial charge in [-0.05, 0) is 62.2 Å². The van der Waals surface area contributed by atoms with Gasteiger partial charge in [0.05, 0.1) is 41.6 Å². The molecule has 13 heteroatoms. The SMILES string of the molecule is CCOc1cc([C@@H]2NC(=O)NC(C)=C2C(=O)OC)ccc1OC[C@H](O)N/N=C/c1c(C)n(Cc2ccc(Cl)c(Cl)c2)c2ccccc12. The molecule has 246 valence electrons. The Hall–Kier alpha value is -4.71. The van der Waals surface area contributed by atoms with Crippen LogP contribution in [0.1, 0.15) is 42.3 Å². The number of nitrogens with one attached hydrogen (secondary N) is 3. The Balaban J connectivity index is 1.28. The number of aromatic nitrogens is 1. The predicted molar refractivity (Wildman–Crippen MR) is 181 cm³/mol. The number of hydrogen-bond acceptors (Lipinski definition) is 8. The Morgan fingerprint density at radius 2 is 1.87 bits per heavy atom. The molecule has 5 rings (SSSR count).